The summed E-state index contributed by atoms with van der Waals surface area (Å²) in [6.07, 6.45) is 6.49. The predicted octanol–water partition coefficient (Wildman–Crippen LogP) is 2.55. The van der Waals surface area contributed by atoms with Crippen molar-refractivity contribution in [2.24, 2.45) is 0 Å². The van der Waals surface area contributed by atoms with Gasteiger partial charge in [-0.3, -0.25) is 0 Å². The van der Waals surface area contributed by atoms with Crippen molar-refractivity contribution >= 4 is 25.3 Å². The standard InChI is InChI=1S/C7H14S2/c8-6-3-1-2-4-7(9)5-6/h6-9H,1-5H2. The molecule has 0 aromatic heterocycles. The number of rotatable bonds is 0. The molecule has 1 fully saturated rings. The lowest BCUT2D eigenvalue weighted by Crippen LogP contribution is -2.03. The van der Waals surface area contributed by atoms with E-state index in [0.29, 0.717) is 10.5 Å². The van der Waals surface area contributed by atoms with E-state index in [1.807, 2.05) is 0 Å². The Morgan fingerprint density at radius 2 is 1.33 bits per heavy atom. The van der Waals surface area contributed by atoms with Gasteiger partial charge in [0.1, 0.15) is 0 Å². The molecule has 0 aliphatic heterocycles. The largest absolute Gasteiger partial charge is 0.176 e. The van der Waals surface area contributed by atoms with Crippen molar-refractivity contribution in [2.75, 3.05) is 0 Å². The summed E-state index contributed by atoms with van der Waals surface area (Å²) in [5.74, 6) is 0. The first-order chi connectivity index (χ1) is 4.29. The zero-order valence-corrected chi connectivity index (χ0v) is 7.37. The first kappa shape index (κ1) is 7.80. The van der Waals surface area contributed by atoms with Gasteiger partial charge in [-0.05, 0) is 19.3 Å². The van der Waals surface area contributed by atoms with Gasteiger partial charge in [-0.15, -0.1) is 0 Å². The van der Waals surface area contributed by atoms with Gasteiger partial charge >= 0.3 is 0 Å². The molecule has 1 rings (SSSR count). The van der Waals surface area contributed by atoms with Crippen LogP contribution in [0, 0.1) is 0 Å². The summed E-state index contributed by atoms with van der Waals surface area (Å²) < 4.78 is 0. The van der Waals surface area contributed by atoms with Gasteiger partial charge < -0.3 is 0 Å². The van der Waals surface area contributed by atoms with Gasteiger partial charge in [-0.2, -0.15) is 25.3 Å². The van der Waals surface area contributed by atoms with Crippen LogP contribution in [-0.4, -0.2) is 10.5 Å². The van der Waals surface area contributed by atoms with Crippen molar-refractivity contribution < 1.29 is 0 Å². The second-order valence-electron chi connectivity index (χ2n) is 2.83. The maximum atomic E-state index is 4.44. The Labute approximate surface area is 68.2 Å². The van der Waals surface area contributed by atoms with E-state index in [1.165, 1.54) is 32.1 Å². The molecule has 0 spiro atoms. The maximum Gasteiger partial charge on any atom is 0.00272 e. The van der Waals surface area contributed by atoms with Crippen LogP contribution in [0.25, 0.3) is 0 Å². The molecule has 0 nitrogen and oxygen atoms in total. The molecule has 0 N–H and O–H groups in total. The SMILES string of the molecule is SC1CCCCC(S)C1. The second kappa shape index (κ2) is 3.77. The highest BCUT2D eigenvalue weighted by Gasteiger charge is 2.13. The number of hydrogen-bond acceptors (Lipinski definition) is 2. The van der Waals surface area contributed by atoms with Crippen LogP contribution in [-0.2, 0) is 0 Å². The van der Waals surface area contributed by atoms with Gasteiger partial charge in [-0.1, -0.05) is 12.8 Å². The Morgan fingerprint density at radius 1 is 0.889 bits per heavy atom. The molecule has 0 aromatic rings. The molecule has 2 heteroatoms. The van der Waals surface area contributed by atoms with Gasteiger partial charge in [0.05, 0.1) is 0 Å². The fourth-order valence-corrected chi connectivity index (χ4v) is 2.35. The van der Waals surface area contributed by atoms with Crippen molar-refractivity contribution in [3.05, 3.63) is 0 Å². The van der Waals surface area contributed by atoms with Gasteiger partial charge in [0.15, 0.2) is 0 Å². The summed E-state index contributed by atoms with van der Waals surface area (Å²) in [5.41, 5.74) is 0. The molecule has 0 amide bonds. The Balaban J connectivity index is 2.29. The lowest BCUT2D eigenvalue weighted by atomic mass is 10.2. The first-order valence-electron chi connectivity index (χ1n) is 3.65. The van der Waals surface area contributed by atoms with Crippen LogP contribution in [0.2, 0.25) is 0 Å². The molecule has 2 unspecified atom stereocenters. The average molecular weight is 162 g/mol. The third-order valence-electron chi connectivity index (χ3n) is 1.87. The third kappa shape index (κ3) is 2.85. The average Bonchev–Trinajstić information content (AvgIpc) is 1.93. The second-order valence-corrected chi connectivity index (χ2v) is 4.29. The van der Waals surface area contributed by atoms with Crippen molar-refractivity contribution in [3.8, 4) is 0 Å². The molecule has 9 heavy (non-hydrogen) atoms. The molecule has 0 saturated heterocycles. The molecule has 1 aliphatic carbocycles. The highest BCUT2D eigenvalue weighted by Crippen LogP contribution is 2.24. The number of hydrogen-bond donors (Lipinski definition) is 2. The Morgan fingerprint density at radius 3 is 1.78 bits per heavy atom. The minimum Gasteiger partial charge on any atom is -0.176 e. The third-order valence-corrected chi connectivity index (χ3v) is 2.81. The van der Waals surface area contributed by atoms with Crippen LogP contribution in [0.15, 0.2) is 0 Å². The summed E-state index contributed by atoms with van der Waals surface area (Å²) in [6, 6.07) is 0. The maximum absolute atomic E-state index is 4.44. The van der Waals surface area contributed by atoms with Crippen molar-refractivity contribution in [2.45, 2.75) is 42.6 Å². The fourth-order valence-electron chi connectivity index (χ4n) is 1.31. The number of thiol groups is 2. The van der Waals surface area contributed by atoms with E-state index >= 15 is 0 Å². The van der Waals surface area contributed by atoms with Crippen molar-refractivity contribution in [3.63, 3.8) is 0 Å². The van der Waals surface area contributed by atoms with E-state index in [4.69, 9.17) is 0 Å². The molecule has 2 atom stereocenters. The summed E-state index contributed by atoms with van der Waals surface area (Å²) in [7, 11) is 0. The van der Waals surface area contributed by atoms with Crippen LogP contribution in [0.5, 0.6) is 0 Å². The highest BCUT2D eigenvalue weighted by atomic mass is 32.1. The zero-order chi connectivity index (χ0) is 6.69. The van der Waals surface area contributed by atoms with Crippen molar-refractivity contribution in [1.82, 2.24) is 0 Å². The zero-order valence-electron chi connectivity index (χ0n) is 5.58. The van der Waals surface area contributed by atoms with E-state index in [2.05, 4.69) is 25.3 Å². The molecule has 1 saturated carbocycles. The molecule has 54 valence electrons. The first-order valence-corrected chi connectivity index (χ1v) is 4.68. The Kier molecular flexibility index (Phi) is 3.27. The lowest BCUT2D eigenvalue weighted by molar-refractivity contribution is 0.710. The van der Waals surface area contributed by atoms with E-state index in [9.17, 15) is 0 Å². The van der Waals surface area contributed by atoms with Crippen molar-refractivity contribution in [1.29, 1.82) is 0 Å². The summed E-state index contributed by atoms with van der Waals surface area (Å²) in [6.45, 7) is 0. The van der Waals surface area contributed by atoms with Crippen LogP contribution in [0.3, 0.4) is 0 Å². The van der Waals surface area contributed by atoms with Crippen LogP contribution < -0.4 is 0 Å². The molecular weight excluding hydrogens is 148 g/mol. The van der Waals surface area contributed by atoms with Crippen LogP contribution >= 0.6 is 25.3 Å². The van der Waals surface area contributed by atoms with Crippen LogP contribution in [0.4, 0.5) is 0 Å². The quantitative estimate of drug-likeness (QED) is 0.397. The fraction of sp³-hybridized carbons (Fsp3) is 1.00. The van der Waals surface area contributed by atoms with Gasteiger partial charge in [-0.25, -0.2) is 0 Å². The molecule has 0 radical (unpaired) electrons. The monoisotopic (exact) mass is 162 g/mol. The minimum absolute atomic E-state index is 0.620. The van der Waals surface area contributed by atoms with Gasteiger partial charge in [0, 0.05) is 10.5 Å². The van der Waals surface area contributed by atoms with E-state index in [1.54, 1.807) is 0 Å². The van der Waals surface area contributed by atoms with Crippen LogP contribution in [0.1, 0.15) is 32.1 Å². The van der Waals surface area contributed by atoms with E-state index in [0.717, 1.165) is 0 Å². The molecule has 0 heterocycles. The topological polar surface area (TPSA) is 0 Å². The summed E-state index contributed by atoms with van der Waals surface area (Å²) in [5, 5.41) is 1.24. The minimum atomic E-state index is 0.620. The van der Waals surface area contributed by atoms with E-state index < -0.39 is 0 Å². The smallest absolute Gasteiger partial charge is 0.00272 e. The summed E-state index contributed by atoms with van der Waals surface area (Å²) >= 11 is 8.88. The lowest BCUT2D eigenvalue weighted by Gasteiger charge is -2.08. The molecule has 0 aromatic carbocycles. The molecular formula is C7H14S2. The van der Waals surface area contributed by atoms with Gasteiger partial charge in [0.2, 0.25) is 0 Å². The van der Waals surface area contributed by atoms with Gasteiger partial charge in [0.25, 0.3) is 0 Å². The highest BCUT2D eigenvalue weighted by molar-refractivity contribution is 7.81. The Hall–Kier alpha value is 0.700. The predicted molar refractivity (Wildman–Crippen MR) is 48.6 cm³/mol. The normalized spacial score (nSPS) is 38.0. The molecule has 0 bridgehead atoms. The van der Waals surface area contributed by atoms with E-state index in [-0.39, 0.29) is 0 Å². The Bertz CT molecular complexity index is 73.0. The summed E-state index contributed by atoms with van der Waals surface area (Å²) in [4.78, 5) is 0. The molecule has 1 aliphatic rings.